The Morgan fingerprint density at radius 2 is 2.33 bits per heavy atom. The number of amides is 2. The molecule has 0 bridgehead atoms. The van der Waals surface area contributed by atoms with E-state index in [1.807, 2.05) is 36.1 Å². The molecule has 1 aliphatic rings. The average molecular weight is 341 g/mol. The van der Waals surface area contributed by atoms with Gasteiger partial charge in [-0.25, -0.2) is 9.78 Å². The number of rotatable bonds is 2. The topological polar surface area (TPSA) is 73.9 Å². The van der Waals surface area contributed by atoms with E-state index in [0.717, 1.165) is 46.0 Å². The lowest BCUT2D eigenvalue weighted by Crippen LogP contribution is -2.41. The average Bonchev–Trinajstić information content (AvgIpc) is 3.23. The molecule has 3 aromatic rings. The lowest BCUT2D eigenvalue weighted by molar-refractivity contribution is 0.192. The SMILES string of the molecule is Cc1nc2cc(NC(=O)N3CCC[C@@H](c4ccn[nH]4)C3)ccc2s1. The van der Waals surface area contributed by atoms with E-state index in [1.165, 1.54) is 0 Å². The number of thiazole rings is 1. The Morgan fingerprint density at radius 1 is 1.42 bits per heavy atom. The molecule has 3 heterocycles. The van der Waals surface area contributed by atoms with Crippen molar-refractivity contribution >= 4 is 33.3 Å². The Kier molecular flexibility index (Phi) is 3.93. The standard InChI is InChI=1S/C17H19N5OS/c1-11-19-15-9-13(4-5-16(15)24-11)20-17(23)22-8-2-3-12(10-22)14-6-7-18-21-14/h4-7,9,12H,2-3,8,10H2,1H3,(H,18,21)(H,20,23)/t12-/m1/s1. The van der Waals surface area contributed by atoms with Crippen molar-refractivity contribution in [1.29, 1.82) is 0 Å². The maximum Gasteiger partial charge on any atom is 0.321 e. The van der Waals surface area contributed by atoms with Gasteiger partial charge in [-0.05, 0) is 44.0 Å². The number of hydrogen-bond acceptors (Lipinski definition) is 4. The fraction of sp³-hybridized carbons (Fsp3) is 0.353. The highest BCUT2D eigenvalue weighted by molar-refractivity contribution is 7.18. The molecule has 0 radical (unpaired) electrons. The van der Waals surface area contributed by atoms with Crippen molar-refractivity contribution in [3.8, 4) is 0 Å². The fourth-order valence-electron chi connectivity index (χ4n) is 3.23. The molecule has 0 spiro atoms. The molecule has 2 amide bonds. The van der Waals surface area contributed by atoms with Crippen LogP contribution < -0.4 is 5.32 Å². The Bertz CT molecular complexity index is 857. The summed E-state index contributed by atoms with van der Waals surface area (Å²) in [6.45, 7) is 3.49. The lowest BCUT2D eigenvalue weighted by atomic mass is 9.95. The maximum atomic E-state index is 12.6. The van der Waals surface area contributed by atoms with Crippen LogP contribution in [-0.4, -0.2) is 39.2 Å². The Morgan fingerprint density at radius 3 is 3.17 bits per heavy atom. The number of likely N-dealkylation sites (tertiary alicyclic amines) is 1. The molecule has 1 aromatic carbocycles. The minimum Gasteiger partial charge on any atom is -0.324 e. The van der Waals surface area contributed by atoms with E-state index in [2.05, 4.69) is 20.5 Å². The summed E-state index contributed by atoms with van der Waals surface area (Å²) >= 11 is 1.66. The van der Waals surface area contributed by atoms with E-state index in [9.17, 15) is 4.79 Å². The number of fused-ring (bicyclic) bond motifs is 1. The fourth-order valence-corrected chi connectivity index (χ4v) is 4.04. The number of aromatic amines is 1. The Balaban J connectivity index is 1.46. The van der Waals surface area contributed by atoms with Gasteiger partial charge < -0.3 is 10.2 Å². The van der Waals surface area contributed by atoms with Crippen LogP contribution in [0.3, 0.4) is 0 Å². The molecule has 124 valence electrons. The van der Waals surface area contributed by atoms with E-state index < -0.39 is 0 Å². The minimum atomic E-state index is -0.0504. The second-order valence-electron chi connectivity index (χ2n) is 6.14. The van der Waals surface area contributed by atoms with Gasteiger partial charge in [-0.2, -0.15) is 5.10 Å². The second-order valence-corrected chi connectivity index (χ2v) is 7.38. The number of nitrogens with zero attached hydrogens (tertiary/aromatic N) is 3. The van der Waals surface area contributed by atoms with Gasteiger partial charge in [-0.15, -0.1) is 11.3 Å². The summed E-state index contributed by atoms with van der Waals surface area (Å²) in [6.07, 6.45) is 3.84. The van der Waals surface area contributed by atoms with E-state index in [-0.39, 0.29) is 6.03 Å². The predicted molar refractivity (Wildman–Crippen MR) is 95.5 cm³/mol. The number of H-pyrrole nitrogens is 1. The van der Waals surface area contributed by atoms with Crippen LogP contribution in [0.1, 0.15) is 29.5 Å². The van der Waals surface area contributed by atoms with E-state index in [0.29, 0.717) is 12.5 Å². The molecule has 1 atom stereocenters. The molecule has 0 saturated carbocycles. The number of benzene rings is 1. The summed E-state index contributed by atoms with van der Waals surface area (Å²) in [5.74, 6) is 0.329. The number of anilines is 1. The van der Waals surface area contributed by atoms with E-state index >= 15 is 0 Å². The summed E-state index contributed by atoms with van der Waals surface area (Å²) in [5, 5.41) is 11.1. The summed E-state index contributed by atoms with van der Waals surface area (Å²) in [6, 6.07) is 7.83. The van der Waals surface area contributed by atoms with Gasteiger partial charge >= 0.3 is 6.03 Å². The number of aromatic nitrogens is 3. The van der Waals surface area contributed by atoms with Gasteiger partial charge in [0, 0.05) is 36.6 Å². The molecular formula is C17H19N5OS. The van der Waals surface area contributed by atoms with Crippen molar-refractivity contribution in [3.63, 3.8) is 0 Å². The molecule has 4 rings (SSSR count). The van der Waals surface area contributed by atoms with Crippen LogP contribution in [0.5, 0.6) is 0 Å². The zero-order valence-corrected chi connectivity index (χ0v) is 14.3. The van der Waals surface area contributed by atoms with Crippen LogP contribution in [-0.2, 0) is 0 Å². The highest BCUT2D eigenvalue weighted by Gasteiger charge is 2.25. The predicted octanol–water partition coefficient (Wildman–Crippen LogP) is 3.74. The first-order chi connectivity index (χ1) is 11.7. The second kappa shape index (κ2) is 6.24. The van der Waals surface area contributed by atoms with Gasteiger partial charge in [-0.1, -0.05) is 0 Å². The van der Waals surface area contributed by atoms with Crippen LogP contribution in [0, 0.1) is 6.92 Å². The summed E-state index contributed by atoms with van der Waals surface area (Å²) < 4.78 is 1.14. The van der Waals surface area contributed by atoms with E-state index in [4.69, 9.17) is 0 Å². The molecule has 1 fully saturated rings. The molecule has 6 nitrogen and oxygen atoms in total. The van der Waals surface area contributed by atoms with Gasteiger partial charge in [0.25, 0.3) is 0 Å². The molecule has 0 unspecified atom stereocenters. The number of aryl methyl sites for hydroxylation is 1. The zero-order valence-electron chi connectivity index (χ0n) is 13.5. The number of urea groups is 1. The smallest absolute Gasteiger partial charge is 0.321 e. The van der Waals surface area contributed by atoms with Crippen LogP contribution in [0.15, 0.2) is 30.5 Å². The number of piperidine rings is 1. The monoisotopic (exact) mass is 341 g/mol. The third kappa shape index (κ3) is 2.99. The zero-order chi connectivity index (χ0) is 16.5. The number of carbonyl (C=O) groups excluding carboxylic acids is 1. The molecule has 24 heavy (non-hydrogen) atoms. The largest absolute Gasteiger partial charge is 0.324 e. The van der Waals surface area contributed by atoms with Crippen molar-refractivity contribution in [1.82, 2.24) is 20.1 Å². The Labute approximate surface area is 143 Å². The first kappa shape index (κ1) is 15.1. The summed E-state index contributed by atoms with van der Waals surface area (Å²) in [4.78, 5) is 19.0. The van der Waals surface area contributed by atoms with Crippen molar-refractivity contribution in [3.05, 3.63) is 41.2 Å². The molecular weight excluding hydrogens is 322 g/mol. The van der Waals surface area contributed by atoms with Crippen molar-refractivity contribution < 1.29 is 4.79 Å². The highest BCUT2D eigenvalue weighted by atomic mass is 32.1. The van der Waals surface area contributed by atoms with Crippen LogP contribution in [0.4, 0.5) is 10.5 Å². The van der Waals surface area contributed by atoms with Gasteiger partial charge in [0.1, 0.15) is 0 Å². The molecule has 1 aliphatic heterocycles. The number of nitrogens with one attached hydrogen (secondary N) is 2. The molecule has 2 aromatic heterocycles. The molecule has 1 saturated heterocycles. The first-order valence-electron chi connectivity index (χ1n) is 8.11. The van der Waals surface area contributed by atoms with Gasteiger partial charge in [0.05, 0.1) is 15.2 Å². The third-order valence-corrected chi connectivity index (χ3v) is 5.37. The van der Waals surface area contributed by atoms with Crippen molar-refractivity contribution in [2.45, 2.75) is 25.7 Å². The highest BCUT2D eigenvalue weighted by Crippen LogP contribution is 2.27. The van der Waals surface area contributed by atoms with Crippen molar-refractivity contribution in [2.75, 3.05) is 18.4 Å². The van der Waals surface area contributed by atoms with Gasteiger partial charge in [0.2, 0.25) is 0 Å². The number of carbonyl (C=O) groups is 1. The number of hydrogen-bond donors (Lipinski definition) is 2. The van der Waals surface area contributed by atoms with Crippen molar-refractivity contribution in [2.24, 2.45) is 0 Å². The summed E-state index contributed by atoms with van der Waals surface area (Å²) in [5.41, 5.74) is 2.83. The van der Waals surface area contributed by atoms with Gasteiger partial charge in [0.15, 0.2) is 0 Å². The Hall–Kier alpha value is -2.41. The normalized spacial score (nSPS) is 18.0. The van der Waals surface area contributed by atoms with Crippen LogP contribution >= 0.6 is 11.3 Å². The third-order valence-electron chi connectivity index (χ3n) is 4.42. The first-order valence-corrected chi connectivity index (χ1v) is 8.93. The molecule has 0 aliphatic carbocycles. The van der Waals surface area contributed by atoms with Gasteiger partial charge in [-0.3, -0.25) is 5.10 Å². The molecule has 2 N–H and O–H groups in total. The maximum absolute atomic E-state index is 12.6. The lowest BCUT2D eigenvalue weighted by Gasteiger charge is -2.32. The summed E-state index contributed by atoms with van der Waals surface area (Å²) in [7, 11) is 0. The van der Waals surface area contributed by atoms with Crippen LogP contribution in [0.2, 0.25) is 0 Å². The van der Waals surface area contributed by atoms with E-state index in [1.54, 1.807) is 17.5 Å². The molecule has 7 heteroatoms. The quantitative estimate of drug-likeness (QED) is 0.746. The van der Waals surface area contributed by atoms with Crippen LogP contribution in [0.25, 0.3) is 10.2 Å². The minimum absolute atomic E-state index is 0.0504.